The number of piperazine rings is 1. The lowest BCUT2D eigenvalue weighted by Gasteiger charge is -2.31. The Bertz CT molecular complexity index is 556. The second kappa shape index (κ2) is 7.22. The summed E-state index contributed by atoms with van der Waals surface area (Å²) in [7, 11) is 5.52. The fourth-order valence-corrected chi connectivity index (χ4v) is 2.29. The molecule has 0 bridgehead atoms. The summed E-state index contributed by atoms with van der Waals surface area (Å²) in [5, 5.41) is 0. The van der Waals surface area contributed by atoms with Crippen LogP contribution >= 0.6 is 0 Å². The van der Waals surface area contributed by atoms with Crippen LogP contribution in [0.1, 0.15) is 15.9 Å². The number of rotatable bonds is 3. The molecule has 0 aromatic heterocycles. The van der Waals surface area contributed by atoms with E-state index < -0.39 is 0 Å². The maximum Gasteiger partial charge on any atom is 0.253 e. The first-order valence-corrected chi connectivity index (χ1v) is 7.44. The standard InChI is InChI=1S/C17H23N3O2/c1-18(2)17(22)15-7-4-14(5-8-15)6-9-16(21)20-12-10-19(3)11-13-20/h4-9H,10-13H2,1-3H3/b9-6+. The van der Waals surface area contributed by atoms with Gasteiger partial charge < -0.3 is 14.7 Å². The molecule has 2 amide bonds. The van der Waals surface area contributed by atoms with Crippen LogP contribution in [0.15, 0.2) is 30.3 Å². The van der Waals surface area contributed by atoms with E-state index >= 15 is 0 Å². The van der Waals surface area contributed by atoms with E-state index in [-0.39, 0.29) is 11.8 Å². The molecule has 1 fully saturated rings. The molecule has 0 saturated carbocycles. The van der Waals surface area contributed by atoms with Crippen LogP contribution in [-0.4, -0.2) is 73.8 Å². The number of carbonyl (C=O) groups is 2. The largest absolute Gasteiger partial charge is 0.345 e. The lowest BCUT2D eigenvalue weighted by Crippen LogP contribution is -2.46. The van der Waals surface area contributed by atoms with Gasteiger partial charge in [0.15, 0.2) is 0 Å². The molecule has 1 aromatic carbocycles. The van der Waals surface area contributed by atoms with Gasteiger partial charge in [0.2, 0.25) is 5.91 Å². The molecule has 1 aliphatic heterocycles. The highest BCUT2D eigenvalue weighted by Crippen LogP contribution is 2.09. The smallest absolute Gasteiger partial charge is 0.253 e. The van der Waals surface area contributed by atoms with Gasteiger partial charge in [0.05, 0.1) is 0 Å². The van der Waals surface area contributed by atoms with Gasteiger partial charge in [0.1, 0.15) is 0 Å². The molecule has 1 saturated heterocycles. The highest BCUT2D eigenvalue weighted by molar-refractivity contribution is 5.94. The van der Waals surface area contributed by atoms with Crippen LogP contribution < -0.4 is 0 Å². The predicted molar refractivity (Wildman–Crippen MR) is 87.6 cm³/mol. The third kappa shape index (κ3) is 4.18. The Morgan fingerprint density at radius 1 is 1.05 bits per heavy atom. The van der Waals surface area contributed by atoms with Crippen LogP contribution in [0.5, 0.6) is 0 Å². The number of hydrogen-bond acceptors (Lipinski definition) is 3. The van der Waals surface area contributed by atoms with Crippen LogP contribution in [-0.2, 0) is 4.79 Å². The highest BCUT2D eigenvalue weighted by Gasteiger charge is 2.16. The summed E-state index contributed by atoms with van der Waals surface area (Å²) in [5.74, 6) is 0.0191. The quantitative estimate of drug-likeness (QED) is 0.787. The topological polar surface area (TPSA) is 43.9 Å². The summed E-state index contributed by atoms with van der Waals surface area (Å²) in [5.41, 5.74) is 1.56. The Morgan fingerprint density at radius 2 is 1.64 bits per heavy atom. The van der Waals surface area contributed by atoms with Crippen LogP contribution in [0.2, 0.25) is 0 Å². The molecule has 1 aromatic rings. The SMILES string of the molecule is CN1CCN(C(=O)/C=C/c2ccc(C(=O)N(C)C)cc2)CC1. The monoisotopic (exact) mass is 301 g/mol. The number of carbonyl (C=O) groups excluding carboxylic acids is 2. The van der Waals surface area contributed by atoms with E-state index in [0.717, 1.165) is 31.7 Å². The van der Waals surface area contributed by atoms with Gasteiger partial charge >= 0.3 is 0 Å². The molecule has 22 heavy (non-hydrogen) atoms. The minimum Gasteiger partial charge on any atom is -0.345 e. The van der Waals surface area contributed by atoms with E-state index in [4.69, 9.17) is 0 Å². The third-order valence-electron chi connectivity index (χ3n) is 3.80. The molecule has 0 aliphatic carbocycles. The summed E-state index contributed by atoms with van der Waals surface area (Å²) in [6.45, 7) is 3.38. The number of hydrogen-bond donors (Lipinski definition) is 0. The van der Waals surface area contributed by atoms with Crippen LogP contribution in [0.3, 0.4) is 0 Å². The minimum absolute atomic E-state index is 0.0240. The molecule has 0 unspecified atom stereocenters. The summed E-state index contributed by atoms with van der Waals surface area (Å²) in [6.07, 6.45) is 3.40. The Kier molecular flexibility index (Phi) is 5.33. The zero-order valence-electron chi connectivity index (χ0n) is 13.5. The summed E-state index contributed by atoms with van der Waals surface area (Å²) >= 11 is 0. The molecule has 1 heterocycles. The molecular formula is C17H23N3O2. The van der Waals surface area contributed by atoms with Crippen molar-refractivity contribution in [3.8, 4) is 0 Å². The van der Waals surface area contributed by atoms with Crippen molar-refractivity contribution < 1.29 is 9.59 Å². The fraction of sp³-hybridized carbons (Fsp3) is 0.412. The highest BCUT2D eigenvalue weighted by atomic mass is 16.2. The Balaban J connectivity index is 1.95. The summed E-state index contributed by atoms with van der Waals surface area (Å²) in [6, 6.07) is 7.26. The van der Waals surface area contributed by atoms with Gasteiger partial charge in [0, 0.05) is 51.9 Å². The average Bonchev–Trinajstić information content (AvgIpc) is 2.53. The van der Waals surface area contributed by atoms with Crippen molar-refractivity contribution in [1.82, 2.24) is 14.7 Å². The van der Waals surface area contributed by atoms with Gasteiger partial charge in [-0.3, -0.25) is 9.59 Å². The van der Waals surface area contributed by atoms with E-state index in [9.17, 15) is 9.59 Å². The summed E-state index contributed by atoms with van der Waals surface area (Å²) < 4.78 is 0. The normalized spacial score (nSPS) is 16.0. The number of nitrogens with zero attached hydrogens (tertiary/aromatic N) is 3. The second-order valence-electron chi connectivity index (χ2n) is 5.78. The van der Waals surface area contributed by atoms with Crippen molar-refractivity contribution in [3.63, 3.8) is 0 Å². The van der Waals surface area contributed by atoms with Gasteiger partial charge in [-0.15, -0.1) is 0 Å². The summed E-state index contributed by atoms with van der Waals surface area (Å²) in [4.78, 5) is 29.5. The van der Waals surface area contributed by atoms with Gasteiger partial charge in [-0.1, -0.05) is 12.1 Å². The molecule has 5 nitrogen and oxygen atoms in total. The molecule has 1 aliphatic rings. The third-order valence-corrected chi connectivity index (χ3v) is 3.80. The number of benzene rings is 1. The van der Waals surface area contributed by atoms with Crippen LogP contribution in [0, 0.1) is 0 Å². The molecule has 0 atom stereocenters. The molecule has 0 N–H and O–H groups in total. The van der Waals surface area contributed by atoms with Gasteiger partial charge in [-0.25, -0.2) is 0 Å². The van der Waals surface area contributed by atoms with E-state index in [1.807, 2.05) is 17.0 Å². The number of amides is 2. The Morgan fingerprint density at radius 3 is 2.18 bits per heavy atom. The van der Waals surface area contributed by atoms with E-state index in [0.29, 0.717) is 5.56 Å². The predicted octanol–water partition coefficient (Wildman–Crippen LogP) is 1.18. The molecular weight excluding hydrogens is 278 g/mol. The fourth-order valence-electron chi connectivity index (χ4n) is 2.29. The lowest BCUT2D eigenvalue weighted by molar-refractivity contribution is -0.127. The van der Waals surface area contributed by atoms with Crippen molar-refractivity contribution in [2.45, 2.75) is 0 Å². The maximum atomic E-state index is 12.1. The first-order valence-electron chi connectivity index (χ1n) is 7.44. The minimum atomic E-state index is -0.0240. The van der Waals surface area contributed by atoms with Crippen LogP contribution in [0.4, 0.5) is 0 Å². The maximum absolute atomic E-state index is 12.1. The Labute approximate surface area is 131 Å². The molecule has 2 rings (SSSR count). The zero-order valence-corrected chi connectivity index (χ0v) is 13.5. The van der Waals surface area contributed by atoms with E-state index in [2.05, 4.69) is 11.9 Å². The first-order chi connectivity index (χ1) is 10.5. The van der Waals surface area contributed by atoms with E-state index in [1.165, 1.54) is 0 Å². The Hall–Kier alpha value is -2.14. The molecule has 5 heteroatoms. The lowest BCUT2D eigenvalue weighted by atomic mass is 10.1. The zero-order chi connectivity index (χ0) is 16.1. The van der Waals surface area contributed by atoms with Gasteiger partial charge in [-0.05, 0) is 30.8 Å². The van der Waals surface area contributed by atoms with Gasteiger partial charge in [-0.2, -0.15) is 0 Å². The molecule has 0 radical (unpaired) electrons. The van der Waals surface area contributed by atoms with Crippen molar-refractivity contribution in [3.05, 3.63) is 41.5 Å². The van der Waals surface area contributed by atoms with E-state index in [1.54, 1.807) is 43.3 Å². The average molecular weight is 301 g/mol. The number of likely N-dealkylation sites (N-methyl/N-ethyl adjacent to an activating group) is 1. The molecule has 0 spiro atoms. The van der Waals surface area contributed by atoms with Crippen molar-refractivity contribution in [1.29, 1.82) is 0 Å². The van der Waals surface area contributed by atoms with Gasteiger partial charge in [0.25, 0.3) is 5.91 Å². The second-order valence-corrected chi connectivity index (χ2v) is 5.78. The van der Waals surface area contributed by atoms with Crippen molar-refractivity contribution in [2.75, 3.05) is 47.3 Å². The van der Waals surface area contributed by atoms with Crippen molar-refractivity contribution >= 4 is 17.9 Å². The van der Waals surface area contributed by atoms with Crippen molar-refractivity contribution in [2.24, 2.45) is 0 Å². The van der Waals surface area contributed by atoms with Crippen LogP contribution in [0.25, 0.3) is 6.08 Å². The molecule has 118 valence electrons. The first kappa shape index (κ1) is 16.2.